The topological polar surface area (TPSA) is 46.5 Å². The summed E-state index contributed by atoms with van der Waals surface area (Å²) < 4.78 is 4.80. The van der Waals surface area contributed by atoms with E-state index >= 15 is 0 Å². The number of hydrogen-bond donors (Lipinski definition) is 1. The van der Waals surface area contributed by atoms with Crippen LogP contribution in [0.1, 0.15) is 0 Å². The van der Waals surface area contributed by atoms with Crippen molar-refractivity contribution >= 4 is 42.8 Å². The molecule has 0 spiro atoms. The Labute approximate surface area is 86.9 Å². The monoisotopic (exact) mass is 230 g/mol. The van der Waals surface area contributed by atoms with Crippen LogP contribution in [0.4, 0.5) is 0 Å². The van der Waals surface area contributed by atoms with E-state index in [1.807, 2.05) is 0 Å². The van der Waals surface area contributed by atoms with Gasteiger partial charge in [0.25, 0.3) is 0 Å². The van der Waals surface area contributed by atoms with Crippen LogP contribution in [0.3, 0.4) is 0 Å². The Morgan fingerprint density at radius 3 is 2.83 bits per heavy atom. The van der Waals surface area contributed by atoms with Gasteiger partial charge in [-0.25, -0.2) is 4.79 Å². The molecule has 0 aromatic carbocycles. The predicted octanol–water partition coefficient (Wildman–Crippen LogP) is 2.03. The lowest BCUT2D eigenvalue weighted by Gasteiger charge is -1.95. The minimum absolute atomic E-state index is 0. The van der Waals surface area contributed by atoms with Crippen LogP contribution in [-0.4, -0.2) is 16.8 Å². The van der Waals surface area contributed by atoms with Gasteiger partial charge in [0.15, 0.2) is 0 Å². The van der Waals surface area contributed by atoms with Crippen molar-refractivity contribution in [2.45, 2.75) is 0 Å². The van der Waals surface area contributed by atoms with Crippen LogP contribution in [0.2, 0.25) is 0 Å². The third kappa shape index (κ3) is 4.54. The number of halogens is 2. The molecule has 0 saturated heterocycles. The number of carboxylic acids is 1. The number of hydrogen-bond acceptors (Lipinski definition) is 3. The van der Waals surface area contributed by atoms with Crippen molar-refractivity contribution in [2.75, 3.05) is 5.75 Å². The van der Waals surface area contributed by atoms with Gasteiger partial charge in [0.2, 0.25) is 0 Å². The lowest BCUT2D eigenvalue weighted by molar-refractivity contribution is -0.132. The molecule has 0 unspecified atom stereocenters. The standard InChI is InChI=1S/C6H6O3S.2ClH/c7-6(8)5-2-1-3-9-10-4-5;;/h1-3H,4H2,(H,7,8);2*1H. The van der Waals surface area contributed by atoms with Gasteiger partial charge in [0.05, 0.1) is 23.4 Å². The summed E-state index contributed by atoms with van der Waals surface area (Å²) in [5, 5.41) is 8.49. The highest BCUT2D eigenvalue weighted by atomic mass is 35.5. The van der Waals surface area contributed by atoms with Crippen LogP contribution in [0.5, 0.6) is 0 Å². The normalized spacial score (nSPS) is 14.2. The number of aliphatic carboxylic acids is 1. The Hall–Kier alpha value is -0.320. The Morgan fingerprint density at radius 2 is 2.25 bits per heavy atom. The fourth-order valence-electron chi connectivity index (χ4n) is 0.505. The zero-order chi connectivity index (χ0) is 7.40. The third-order valence-electron chi connectivity index (χ3n) is 0.989. The molecule has 0 radical (unpaired) electrons. The second-order valence-corrected chi connectivity index (χ2v) is 2.40. The Bertz CT molecular complexity index is 203. The highest BCUT2D eigenvalue weighted by molar-refractivity contribution is 7.94. The summed E-state index contributed by atoms with van der Waals surface area (Å²) >= 11 is 1.12. The van der Waals surface area contributed by atoms with Gasteiger partial charge in [-0.2, -0.15) is 0 Å². The number of allylic oxidation sites excluding steroid dienone is 2. The summed E-state index contributed by atoms with van der Waals surface area (Å²) in [5.74, 6) is -0.495. The van der Waals surface area contributed by atoms with Crippen molar-refractivity contribution in [3.8, 4) is 0 Å². The summed E-state index contributed by atoms with van der Waals surface area (Å²) in [4.78, 5) is 10.3. The maximum atomic E-state index is 10.3. The summed E-state index contributed by atoms with van der Waals surface area (Å²) in [7, 11) is 0. The van der Waals surface area contributed by atoms with E-state index in [9.17, 15) is 4.79 Å². The predicted molar refractivity (Wildman–Crippen MR) is 52.9 cm³/mol. The second-order valence-electron chi connectivity index (χ2n) is 1.68. The van der Waals surface area contributed by atoms with Gasteiger partial charge in [-0.15, -0.1) is 24.8 Å². The molecule has 0 fully saturated rings. The first-order valence-corrected chi connectivity index (χ1v) is 3.59. The molecule has 0 bridgehead atoms. The van der Waals surface area contributed by atoms with Gasteiger partial charge in [0, 0.05) is 0 Å². The molecule has 12 heavy (non-hydrogen) atoms. The molecule has 1 heterocycles. The zero-order valence-electron chi connectivity index (χ0n) is 5.93. The smallest absolute Gasteiger partial charge is 0.332 e. The number of carboxylic acid groups (broad SMARTS) is 1. The van der Waals surface area contributed by atoms with Crippen molar-refractivity contribution in [1.82, 2.24) is 0 Å². The van der Waals surface area contributed by atoms with Crippen molar-refractivity contribution in [1.29, 1.82) is 0 Å². The number of rotatable bonds is 1. The fraction of sp³-hybridized carbons (Fsp3) is 0.167. The first-order chi connectivity index (χ1) is 4.80. The van der Waals surface area contributed by atoms with E-state index in [4.69, 9.17) is 9.29 Å². The fourth-order valence-corrected chi connectivity index (χ4v) is 1.06. The van der Waals surface area contributed by atoms with Crippen molar-refractivity contribution < 1.29 is 14.1 Å². The van der Waals surface area contributed by atoms with Gasteiger partial charge in [-0.3, -0.25) is 0 Å². The zero-order valence-corrected chi connectivity index (χ0v) is 8.38. The van der Waals surface area contributed by atoms with Gasteiger partial charge in [0.1, 0.15) is 6.26 Å². The van der Waals surface area contributed by atoms with Crippen LogP contribution in [0, 0.1) is 0 Å². The van der Waals surface area contributed by atoms with E-state index in [1.54, 1.807) is 6.08 Å². The van der Waals surface area contributed by atoms with Crippen molar-refractivity contribution in [2.24, 2.45) is 0 Å². The summed E-state index contributed by atoms with van der Waals surface area (Å²) in [6.07, 6.45) is 4.56. The lowest BCUT2D eigenvalue weighted by Crippen LogP contribution is -2.01. The molecule has 0 aromatic rings. The molecule has 0 aromatic heterocycles. The molecule has 1 aliphatic rings. The molecular weight excluding hydrogens is 223 g/mol. The van der Waals surface area contributed by atoms with Crippen LogP contribution >= 0.6 is 36.9 Å². The Morgan fingerprint density at radius 1 is 1.58 bits per heavy atom. The Kier molecular flexibility index (Phi) is 8.69. The Balaban J connectivity index is 0. The summed E-state index contributed by atoms with van der Waals surface area (Å²) in [6.45, 7) is 0. The SMILES string of the molecule is Cl.Cl.O=C(O)C1=CC=COSC1. The summed E-state index contributed by atoms with van der Waals surface area (Å²) in [6, 6.07) is 0. The molecule has 1 aliphatic heterocycles. The van der Waals surface area contributed by atoms with E-state index in [1.165, 1.54) is 12.3 Å². The lowest BCUT2D eigenvalue weighted by atomic mass is 10.3. The van der Waals surface area contributed by atoms with Gasteiger partial charge in [-0.05, 0) is 12.2 Å². The first kappa shape index (κ1) is 14.2. The van der Waals surface area contributed by atoms with Crippen molar-refractivity contribution in [3.05, 3.63) is 24.0 Å². The third-order valence-corrected chi connectivity index (χ3v) is 1.66. The maximum Gasteiger partial charge on any atom is 0.332 e. The first-order valence-electron chi connectivity index (χ1n) is 2.68. The van der Waals surface area contributed by atoms with Crippen LogP contribution in [0.25, 0.3) is 0 Å². The molecule has 1 rings (SSSR count). The molecule has 70 valence electrons. The highest BCUT2D eigenvalue weighted by Gasteiger charge is 2.07. The van der Waals surface area contributed by atoms with Crippen molar-refractivity contribution in [3.63, 3.8) is 0 Å². The molecule has 3 nitrogen and oxygen atoms in total. The minimum Gasteiger partial charge on any atom is -0.478 e. The van der Waals surface area contributed by atoms with Crippen LogP contribution < -0.4 is 0 Å². The molecular formula is C6H8Cl2O3S. The largest absolute Gasteiger partial charge is 0.478 e. The van der Waals surface area contributed by atoms with Crippen LogP contribution in [-0.2, 0) is 8.98 Å². The molecule has 0 saturated carbocycles. The average molecular weight is 231 g/mol. The quantitative estimate of drug-likeness (QED) is 0.701. The van der Waals surface area contributed by atoms with Crippen LogP contribution in [0.15, 0.2) is 24.0 Å². The molecule has 0 aliphatic carbocycles. The summed E-state index contributed by atoms with van der Waals surface area (Å²) in [5.41, 5.74) is 0.360. The number of carbonyl (C=O) groups is 1. The van der Waals surface area contributed by atoms with Gasteiger partial charge in [-0.1, -0.05) is 0 Å². The molecule has 0 atom stereocenters. The van der Waals surface area contributed by atoms with Gasteiger partial charge < -0.3 is 9.29 Å². The molecule has 1 N–H and O–H groups in total. The maximum absolute atomic E-state index is 10.3. The highest BCUT2D eigenvalue weighted by Crippen LogP contribution is 2.13. The van der Waals surface area contributed by atoms with E-state index in [-0.39, 0.29) is 24.8 Å². The van der Waals surface area contributed by atoms with E-state index in [0.717, 1.165) is 12.0 Å². The van der Waals surface area contributed by atoms with E-state index < -0.39 is 5.97 Å². The second kappa shape index (κ2) is 7.34. The van der Waals surface area contributed by atoms with Gasteiger partial charge >= 0.3 is 5.97 Å². The minimum atomic E-state index is -0.886. The molecule has 6 heteroatoms. The average Bonchev–Trinajstić information content (AvgIpc) is 2.12. The molecule has 0 amide bonds. The van der Waals surface area contributed by atoms with E-state index in [0.29, 0.717) is 11.3 Å². The van der Waals surface area contributed by atoms with E-state index in [2.05, 4.69) is 0 Å².